The first-order valence-electron chi connectivity index (χ1n) is 14.2. The van der Waals surface area contributed by atoms with Crippen LogP contribution in [0.1, 0.15) is 106 Å². The van der Waals surface area contributed by atoms with Gasteiger partial charge in [-0.05, 0) is 115 Å². The summed E-state index contributed by atoms with van der Waals surface area (Å²) in [5.74, 6) is 3.71. The van der Waals surface area contributed by atoms with Gasteiger partial charge in [-0.15, -0.1) is 0 Å². The van der Waals surface area contributed by atoms with Gasteiger partial charge in [-0.25, -0.2) is 0 Å². The van der Waals surface area contributed by atoms with Crippen molar-refractivity contribution in [1.29, 1.82) is 0 Å². The molecule has 5 fully saturated rings. The van der Waals surface area contributed by atoms with Crippen LogP contribution < -0.4 is 0 Å². The molecule has 0 bridgehead atoms. The van der Waals surface area contributed by atoms with Crippen LogP contribution in [0.3, 0.4) is 0 Å². The van der Waals surface area contributed by atoms with Crippen LogP contribution in [-0.4, -0.2) is 28.4 Å². The predicted molar refractivity (Wildman–Crippen MR) is 136 cm³/mol. The molecule has 0 heterocycles. The Morgan fingerprint density at radius 2 is 1.62 bits per heavy atom. The lowest BCUT2D eigenvalue weighted by Gasteiger charge is -2.72. The van der Waals surface area contributed by atoms with Crippen LogP contribution in [0, 0.1) is 62.6 Å². The molecule has 5 rings (SSSR count). The second kappa shape index (κ2) is 7.56. The highest BCUT2D eigenvalue weighted by molar-refractivity contribution is 6.42. The summed E-state index contributed by atoms with van der Waals surface area (Å²) < 4.78 is 0. The van der Waals surface area contributed by atoms with E-state index in [2.05, 4.69) is 46.7 Å². The normalized spacial score (nSPS) is 56.1. The summed E-state index contributed by atoms with van der Waals surface area (Å²) in [7, 11) is 0. The highest BCUT2D eigenvalue weighted by Crippen LogP contribution is 2.77. The average Bonchev–Trinajstić information content (AvgIpc) is 3.14. The van der Waals surface area contributed by atoms with E-state index in [9.17, 15) is 15.1 Å². The minimum Gasteiger partial charge on any atom is -0.411 e. The van der Waals surface area contributed by atoms with Crippen LogP contribution in [0.2, 0.25) is 0 Å². The predicted octanol–water partition coefficient (Wildman–Crippen LogP) is 6.73. The number of carbonyl (C=O) groups is 1. The quantitative estimate of drug-likeness (QED) is 0.347. The van der Waals surface area contributed by atoms with Crippen LogP contribution in [0.4, 0.5) is 0 Å². The Kier molecular flexibility index (Phi) is 5.51. The maximum Gasteiger partial charge on any atom is 0.188 e. The summed E-state index contributed by atoms with van der Waals surface area (Å²) in [5, 5.41) is 23.7. The van der Waals surface area contributed by atoms with Crippen molar-refractivity contribution in [1.82, 2.24) is 0 Å². The Morgan fingerprint density at radius 3 is 2.24 bits per heavy atom. The molecule has 2 N–H and O–H groups in total. The van der Waals surface area contributed by atoms with E-state index in [1.807, 2.05) is 6.92 Å². The summed E-state index contributed by atoms with van der Waals surface area (Å²) in [6.45, 7) is 16.9. The Morgan fingerprint density at radius 1 is 0.912 bits per heavy atom. The molecule has 4 nitrogen and oxygen atoms in total. The minimum absolute atomic E-state index is 0.123. The molecule has 0 amide bonds. The van der Waals surface area contributed by atoms with E-state index in [1.54, 1.807) is 0 Å². The van der Waals surface area contributed by atoms with Gasteiger partial charge < -0.3 is 10.3 Å². The molecular weight excluding hydrogens is 422 g/mol. The lowest BCUT2D eigenvalue weighted by molar-refractivity contribution is -0.231. The lowest BCUT2D eigenvalue weighted by atomic mass is 9.32. The minimum atomic E-state index is -0.840. The summed E-state index contributed by atoms with van der Waals surface area (Å²) in [6, 6.07) is 0. The summed E-state index contributed by atoms with van der Waals surface area (Å²) in [5.41, 5.74) is 0.351. The number of aliphatic hydroxyl groups excluding tert-OH is 1. The van der Waals surface area contributed by atoms with Crippen molar-refractivity contribution < 1.29 is 15.1 Å². The first-order valence-corrected chi connectivity index (χ1v) is 14.2. The first-order chi connectivity index (χ1) is 15.8. The molecule has 0 aromatic heterocycles. The average molecular weight is 472 g/mol. The summed E-state index contributed by atoms with van der Waals surface area (Å²) in [4.78, 5) is 13.2. The molecular formula is C30H49NO3. The molecule has 0 aromatic carbocycles. The fourth-order valence-electron chi connectivity index (χ4n) is 11.6. The van der Waals surface area contributed by atoms with Gasteiger partial charge in [0.25, 0.3) is 0 Å². The van der Waals surface area contributed by atoms with Gasteiger partial charge in [-0.2, -0.15) is 0 Å². The number of hydrogen-bond acceptors (Lipinski definition) is 4. The largest absolute Gasteiger partial charge is 0.411 e. The van der Waals surface area contributed by atoms with Crippen molar-refractivity contribution in [3.05, 3.63) is 0 Å². The van der Waals surface area contributed by atoms with Crippen LogP contribution in [0.5, 0.6) is 0 Å². The number of ketones is 1. The van der Waals surface area contributed by atoms with Gasteiger partial charge in [-0.3, -0.25) is 4.79 Å². The van der Waals surface area contributed by atoms with E-state index < -0.39 is 5.41 Å². The Balaban J connectivity index is 1.57. The zero-order valence-electron chi connectivity index (χ0n) is 22.8. The van der Waals surface area contributed by atoms with E-state index in [0.717, 1.165) is 36.5 Å². The molecule has 5 aliphatic carbocycles. The molecule has 5 saturated carbocycles. The highest BCUT2D eigenvalue weighted by atomic mass is 16.4. The summed E-state index contributed by atoms with van der Waals surface area (Å²) >= 11 is 0. The topological polar surface area (TPSA) is 69.9 Å². The van der Waals surface area contributed by atoms with Gasteiger partial charge in [-0.1, -0.05) is 46.7 Å². The lowest BCUT2D eigenvalue weighted by Crippen LogP contribution is -2.68. The van der Waals surface area contributed by atoms with Crippen molar-refractivity contribution in [3.8, 4) is 0 Å². The monoisotopic (exact) mass is 471 g/mol. The van der Waals surface area contributed by atoms with Gasteiger partial charge in [0.05, 0.1) is 12.0 Å². The molecule has 0 radical (unpaired) electrons. The number of carbonyl (C=O) groups excluding carboxylic acids is 1. The maximum absolute atomic E-state index is 13.2. The number of fused-ring (bicyclic) bond motifs is 7. The molecule has 192 valence electrons. The van der Waals surface area contributed by atoms with Gasteiger partial charge in [0.1, 0.15) is 5.71 Å². The molecule has 4 heteroatoms. The first kappa shape index (κ1) is 24.8. The third-order valence-electron chi connectivity index (χ3n) is 13.6. The molecule has 5 aliphatic rings. The standard InChI is InChI=1S/C30H49NO3/c1-18(2)19-10-12-26(3)14-15-29(6)20(24(19)26)8-9-23-27(4)16-21(31-34)25(33)28(5,17-32)22(27)11-13-30(23,29)7/h18-20,22-24,32,34H,8-17H2,1-7H3/b31-21-/t19-,20?,22?,23?,24?,26-,27-,28?,29-,30-/m1/s1. The number of Topliss-reactive ketones (excluding diaryl/α,β-unsaturated/α-hetero) is 1. The SMILES string of the molecule is CC(C)[C@H]1CC[C@]2(C)CC[C@]3(C)C(CCC4[C@]5(C)C/C(=N/O)C(=O)C(C)(CO)C5CC[C@]43C)C12. The number of nitrogens with zero attached hydrogens (tertiary/aromatic N) is 1. The fourth-order valence-corrected chi connectivity index (χ4v) is 11.6. The van der Waals surface area contributed by atoms with Crippen molar-refractivity contribution >= 4 is 11.5 Å². The van der Waals surface area contributed by atoms with Gasteiger partial charge in [0, 0.05) is 6.42 Å². The second-order valence-electron chi connectivity index (χ2n) is 14.9. The van der Waals surface area contributed by atoms with E-state index in [1.165, 1.54) is 38.5 Å². The van der Waals surface area contributed by atoms with Gasteiger partial charge in [0.2, 0.25) is 0 Å². The van der Waals surface area contributed by atoms with Crippen molar-refractivity contribution in [3.63, 3.8) is 0 Å². The zero-order valence-corrected chi connectivity index (χ0v) is 22.8. The molecule has 5 unspecified atom stereocenters. The van der Waals surface area contributed by atoms with Crippen LogP contribution >= 0.6 is 0 Å². The van der Waals surface area contributed by atoms with Crippen LogP contribution in [0.25, 0.3) is 0 Å². The molecule has 0 saturated heterocycles. The Labute approximate surface area is 207 Å². The Hall–Kier alpha value is -0.900. The Bertz CT molecular complexity index is 897. The summed E-state index contributed by atoms with van der Waals surface area (Å²) in [6.07, 6.45) is 10.7. The third kappa shape index (κ3) is 2.81. The molecule has 34 heavy (non-hydrogen) atoms. The van der Waals surface area contributed by atoms with Gasteiger partial charge >= 0.3 is 0 Å². The van der Waals surface area contributed by atoms with Crippen molar-refractivity contribution in [2.45, 2.75) is 106 Å². The molecule has 0 spiro atoms. The fraction of sp³-hybridized carbons (Fsp3) is 0.933. The van der Waals surface area contributed by atoms with E-state index in [0.29, 0.717) is 28.9 Å². The van der Waals surface area contributed by atoms with Crippen LogP contribution in [0.15, 0.2) is 5.16 Å². The number of aliphatic hydroxyl groups is 1. The maximum atomic E-state index is 13.2. The second-order valence-corrected chi connectivity index (χ2v) is 14.9. The number of oxime groups is 1. The number of hydrogen-bond donors (Lipinski definition) is 2. The molecule has 0 aromatic rings. The van der Waals surface area contributed by atoms with E-state index in [-0.39, 0.29) is 29.1 Å². The van der Waals surface area contributed by atoms with E-state index >= 15 is 0 Å². The number of rotatable bonds is 2. The third-order valence-corrected chi connectivity index (χ3v) is 13.6. The van der Waals surface area contributed by atoms with Crippen molar-refractivity contribution in [2.75, 3.05) is 6.61 Å². The molecule has 0 aliphatic heterocycles. The van der Waals surface area contributed by atoms with Gasteiger partial charge in [0.15, 0.2) is 5.78 Å². The molecule has 10 atom stereocenters. The zero-order chi connectivity index (χ0) is 24.9. The smallest absolute Gasteiger partial charge is 0.188 e. The van der Waals surface area contributed by atoms with E-state index in [4.69, 9.17) is 0 Å². The highest BCUT2D eigenvalue weighted by Gasteiger charge is 2.71. The van der Waals surface area contributed by atoms with Crippen LogP contribution in [-0.2, 0) is 4.79 Å². The van der Waals surface area contributed by atoms with Crippen molar-refractivity contribution in [2.24, 2.45) is 67.7 Å².